The molecule has 0 spiro atoms. The van der Waals surface area contributed by atoms with Gasteiger partial charge in [-0.25, -0.2) is 25.3 Å². The summed E-state index contributed by atoms with van der Waals surface area (Å²) in [5, 5.41) is -1.25. The van der Waals surface area contributed by atoms with Crippen LogP contribution in [-0.2, 0) is 34.9 Å². The zero-order valence-corrected chi connectivity index (χ0v) is 25.4. The van der Waals surface area contributed by atoms with E-state index in [1.807, 2.05) is 0 Å². The first-order valence-corrected chi connectivity index (χ1v) is 13.5. The van der Waals surface area contributed by atoms with Gasteiger partial charge in [-0.15, -0.1) is 0 Å². The molecule has 158 valence electrons. The topological polar surface area (TPSA) is 178 Å². The number of rotatable bonds is 5. The Labute approximate surface area is 257 Å². The first-order valence-electron chi connectivity index (χ1n) is 8.56. The Morgan fingerprint density at radius 1 is 0.793 bits per heavy atom. The minimum Gasteiger partial charge on any atom is -0.748 e. The van der Waals surface area contributed by atoms with Crippen LogP contribution < -0.4 is 108 Å². The molecule has 2 aliphatic rings. The quantitative estimate of drug-likeness (QED) is 0.271. The van der Waals surface area contributed by atoms with E-state index in [0.717, 1.165) is 6.26 Å². The monoisotopic (exact) mass is 523 g/mol. The predicted octanol–water partition coefficient (Wildman–Crippen LogP) is -6.91. The number of carbonyl (C=O) groups is 1. The Balaban J connectivity index is 0.00000392. The summed E-state index contributed by atoms with van der Waals surface area (Å²) >= 11 is 0. The molecule has 10 nitrogen and oxygen atoms in total. The fourth-order valence-corrected chi connectivity index (χ4v) is 7.07. The van der Waals surface area contributed by atoms with E-state index in [4.69, 9.17) is 0 Å². The minimum absolute atomic E-state index is 0. The first kappa shape index (κ1) is 31.5. The Morgan fingerprint density at radius 3 is 1.69 bits per heavy atom. The molecule has 0 aromatic rings. The molecule has 2 fully saturated rings. The van der Waals surface area contributed by atoms with Gasteiger partial charge in [-0.3, -0.25) is 4.79 Å². The van der Waals surface area contributed by atoms with Crippen LogP contribution in [0.3, 0.4) is 0 Å². The maximum atomic E-state index is 12.5. The molecule has 2 saturated carbocycles. The van der Waals surface area contributed by atoms with Gasteiger partial charge in [0.15, 0.2) is 0 Å². The van der Waals surface area contributed by atoms with Crippen molar-refractivity contribution in [2.24, 2.45) is 5.92 Å². The number of hydrogen-bond donors (Lipinski definition) is 1. The number of nitrogens with one attached hydrogen (secondary N) is 1. The van der Waals surface area contributed by atoms with Crippen molar-refractivity contribution in [2.45, 2.75) is 66.7 Å². The minimum atomic E-state index is -4.82. The van der Waals surface area contributed by atoms with Crippen LogP contribution in [0.1, 0.15) is 44.9 Å². The van der Waals surface area contributed by atoms with Gasteiger partial charge >= 0.3 is 103 Å². The van der Waals surface area contributed by atoms with Crippen LogP contribution in [0.5, 0.6) is 0 Å². The summed E-state index contributed by atoms with van der Waals surface area (Å²) in [4.78, 5) is 12.5. The summed E-state index contributed by atoms with van der Waals surface area (Å²) in [6.45, 7) is 0. The number of carbonyl (C=O) groups excluding carboxylic acids is 1. The standard InChI is InChI=1S/C14H25NO9S3.2K/c1-25(17,18)11-4-2-3-9(5-11)14(16)15-10-6-12(26(19,20)21)8-13(7-10)27(22,23)24;;/h9-13H,2-8H2,1H3,(H,15,16)(H,19,20,21)(H,22,23,24);;/q;2*+1/p-2. The molecular weight excluding hydrogens is 501 g/mol. The average Bonchev–Trinajstić information content (AvgIpc) is 2.52. The van der Waals surface area contributed by atoms with Crippen molar-refractivity contribution in [3.05, 3.63) is 0 Å². The van der Waals surface area contributed by atoms with E-state index < -0.39 is 70.1 Å². The summed E-state index contributed by atoms with van der Waals surface area (Å²) < 4.78 is 91.3. The van der Waals surface area contributed by atoms with Crippen molar-refractivity contribution >= 4 is 36.0 Å². The van der Waals surface area contributed by atoms with Crippen LogP contribution in [-0.4, -0.2) is 68.3 Å². The maximum Gasteiger partial charge on any atom is 1.00 e. The molecule has 29 heavy (non-hydrogen) atoms. The van der Waals surface area contributed by atoms with Gasteiger partial charge in [-0.05, 0) is 38.5 Å². The molecule has 1 N–H and O–H groups in total. The fourth-order valence-electron chi connectivity index (χ4n) is 3.90. The Morgan fingerprint density at radius 2 is 1.28 bits per heavy atom. The van der Waals surface area contributed by atoms with Gasteiger partial charge in [0.1, 0.15) is 9.84 Å². The van der Waals surface area contributed by atoms with E-state index in [-0.39, 0.29) is 122 Å². The maximum absolute atomic E-state index is 12.5. The van der Waals surface area contributed by atoms with Gasteiger partial charge in [-0.2, -0.15) is 0 Å². The molecule has 0 radical (unpaired) electrons. The molecule has 15 heteroatoms. The van der Waals surface area contributed by atoms with Crippen LogP contribution in [0.2, 0.25) is 0 Å². The van der Waals surface area contributed by atoms with Gasteiger partial charge in [0.05, 0.1) is 36.0 Å². The second-order valence-corrected chi connectivity index (χ2v) is 13.1. The molecule has 2 aliphatic carbocycles. The van der Waals surface area contributed by atoms with Crippen molar-refractivity contribution in [1.29, 1.82) is 0 Å². The van der Waals surface area contributed by atoms with Crippen LogP contribution in [0.4, 0.5) is 0 Å². The molecule has 0 aromatic heterocycles. The largest absolute Gasteiger partial charge is 1.00 e. The van der Waals surface area contributed by atoms with E-state index in [1.54, 1.807) is 0 Å². The van der Waals surface area contributed by atoms with Crippen LogP contribution in [0.15, 0.2) is 0 Å². The van der Waals surface area contributed by atoms with E-state index in [0.29, 0.717) is 19.3 Å². The molecule has 0 aliphatic heterocycles. The fraction of sp³-hybridized carbons (Fsp3) is 0.929. The van der Waals surface area contributed by atoms with Crippen LogP contribution in [0.25, 0.3) is 0 Å². The third kappa shape index (κ3) is 9.72. The van der Waals surface area contributed by atoms with Crippen molar-refractivity contribution in [3.63, 3.8) is 0 Å². The van der Waals surface area contributed by atoms with Gasteiger partial charge in [0, 0.05) is 18.2 Å². The van der Waals surface area contributed by atoms with Gasteiger partial charge in [-0.1, -0.05) is 6.42 Å². The zero-order chi connectivity index (χ0) is 20.6. The number of amides is 1. The van der Waals surface area contributed by atoms with E-state index >= 15 is 0 Å². The smallest absolute Gasteiger partial charge is 0.748 e. The van der Waals surface area contributed by atoms with Gasteiger partial charge < -0.3 is 14.4 Å². The summed E-state index contributed by atoms with van der Waals surface area (Å²) in [5.74, 6) is -1.12. The summed E-state index contributed by atoms with van der Waals surface area (Å²) in [6, 6.07) is -0.952. The Bertz CT molecular complexity index is 849. The SMILES string of the molecule is CS(=O)(=O)C1CCCC(C(=O)NC2CC(S(=O)(=O)[O-])CC(S(=O)(=O)[O-])C2)C1.[K+].[K+]. The Kier molecular flexibility index (Phi) is 13.3. The van der Waals surface area contributed by atoms with Gasteiger partial charge in [0.2, 0.25) is 5.91 Å². The van der Waals surface area contributed by atoms with Crippen molar-refractivity contribution in [3.8, 4) is 0 Å². The second-order valence-electron chi connectivity index (χ2n) is 7.46. The molecule has 4 unspecified atom stereocenters. The third-order valence-corrected chi connectivity index (χ3v) is 9.43. The van der Waals surface area contributed by atoms with E-state index in [2.05, 4.69) is 5.32 Å². The summed E-state index contributed by atoms with van der Waals surface area (Å²) in [7, 11) is -13.0. The molecule has 0 bridgehead atoms. The molecule has 0 saturated heterocycles. The van der Waals surface area contributed by atoms with Crippen molar-refractivity contribution in [2.75, 3.05) is 6.26 Å². The molecule has 4 atom stereocenters. The molecule has 0 aromatic carbocycles. The van der Waals surface area contributed by atoms with Crippen molar-refractivity contribution < 1.29 is 142 Å². The van der Waals surface area contributed by atoms with Crippen LogP contribution >= 0.6 is 0 Å². The van der Waals surface area contributed by atoms with Gasteiger partial charge in [0.25, 0.3) is 0 Å². The average molecular weight is 524 g/mol. The summed E-state index contributed by atoms with van der Waals surface area (Å²) in [6.07, 6.45) is 1.56. The second kappa shape index (κ2) is 12.3. The predicted molar refractivity (Wildman–Crippen MR) is 93.3 cm³/mol. The first-order chi connectivity index (χ1) is 12.2. The number of hydrogen-bond acceptors (Lipinski definition) is 9. The molecule has 1 amide bonds. The normalized spacial score (nSPS) is 31.1. The number of sulfone groups is 1. The van der Waals surface area contributed by atoms with E-state index in [9.17, 15) is 39.2 Å². The van der Waals surface area contributed by atoms with Crippen LogP contribution in [0, 0.1) is 5.92 Å². The molecule has 2 rings (SSSR count). The molecular formula is C14H23K2NO9S3. The summed E-state index contributed by atoms with van der Waals surface area (Å²) in [5.41, 5.74) is 0. The third-order valence-electron chi connectivity index (χ3n) is 5.39. The van der Waals surface area contributed by atoms with Crippen molar-refractivity contribution in [1.82, 2.24) is 5.32 Å². The Hall–Kier alpha value is 2.51. The zero-order valence-electron chi connectivity index (χ0n) is 16.7. The van der Waals surface area contributed by atoms with E-state index in [1.165, 1.54) is 0 Å². The molecule has 0 heterocycles.